The van der Waals surface area contributed by atoms with Crippen molar-refractivity contribution < 1.29 is 13.2 Å². The highest BCUT2D eigenvalue weighted by Gasteiger charge is 2.29. The number of thiophene rings is 1. The number of nitrogens with one attached hydrogen (secondary N) is 4. The third kappa shape index (κ3) is 4.68. The monoisotopic (exact) mass is 447 g/mol. The molecule has 160 valence electrons. The first-order valence-corrected chi connectivity index (χ1v) is 12.1. The van der Waals surface area contributed by atoms with Crippen molar-refractivity contribution >= 4 is 27.3 Å². The van der Waals surface area contributed by atoms with Crippen molar-refractivity contribution in [2.24, 2.45) is 5.92 Å². The zero-order valence-corrected chi connectivity index (χ0v) is 18.7. The number of rotatable bonds is 5. The largest absolute Gasteiger partial charge is 0.368 e. The summed E-state index contributed by atoms with van der Waals surface area (Å²) in [7, 11) is -3.62. The van der Waals surface area contributed by atoms with Crippen LogP contribution in [-0.4, -0.2) is 26.9 Å². The van der Waals surface area contributed by atoms with Crippen LogP contribution in [0.5, 0.6) is 0 Å². The maximum Gasteiger partial charge on any atom is 0.271 e. The predicted molar refractivity (Wildman–Crippen MR) is 115 cm³/mol. The molecular weight excluding hydrogens is 422 g/mol. The third-order valence-corrected chi connectivity index (χ3v) is 7.67. The van der Waals surface area contributed by atoms with Gasteiger partial charge in [-0.3, -0.25) is 9.52 Å². The molecule has 3 rings (SSSR count). The minimum Gasteiger partial charge on any atom is -0.368 e. The summed E-state index contributed by atoms with van der Waals surface area (Å²) < 4.78 is 28.3. The average Bonchev–Trinajstić information content (AvgIpc) is 3.17. The van der Waals surface area contributed by atoms with E-state index in [-0.39, 0.29) is 21.7 Å². The van der Waals surface area contributed by atoms with Gasteiger partial charge in [-0.2, -0.15) is 5.26 Å². The van der Waals surface area contributed by atoms with Gasteiger partial charge in [-0.1, -0.05) is 13.0 Å². The van der Waals surface area contributed by atoms with Crippen LogP contribution in [0, 0.1) is 17.2 Å². The van der Waals surface area contributed by atoms with Gasteiger partial charge in [0.2, 0.25) is 0 Å². The molecule has 0 radical (unpaired) electrons. The van der Waals surface area contributed by atoms with Gasteiger partial charge in [-0.05, 0) is 49.8 Å². The molecule has 0 fully saturated rings. The molecule has 30 heavy (non-hydrogen) atoms. The lowest BCUT2D eigenvalue weighted by Gasteiger charge is -2.26. The number of sulfonamides is 1. The molecule has 0 saturated carbocycles. The Kier molecular flexibility index (Phi) is 6.53. The molecule has 1 aromatic rings. The van der Waals surface area contributed by atoms with Gasteiger partial charge in [0, 0.05) is 29.9 Å². The minimum atomic E-state index is -3.62. The smallest absolute Gasteiger partial charge is 0.271 e. The number of likely N-dealkylation sites (N-methyl/N-ethyl adjacent to an activating group) is 1. The molecule has 1 aliphatic carbocycles. The van der Waals surface area contributed by atoms with Gasteiger partial charge in [-0.25, -0.2) is 8.42 Å². The van der Waals surface area contributed by atoms with Crippen LogP contribution < -0.4 is 20.7 Å². The molecule has 1 aromatic heterocycles. The molecule has 1 amide bonds. The fraction of sp³-hybridized carbons (Fsp3) is 0.400. The highest BCUT2D eigenvalue weighted by atomic mass is 32.2. The van der Waals surface area contributed by atoms with E-state index in [9.17, 15) is 18.5 Å². The minimum absolute atomic E-state index is 0.00159. The normalized spacial score (nSPS) is 23.1. The molecule has 4 N–H and O–H groups in total. The Balaban J connectivity index is 1.94. The van der Waals surface area contributed by atoms with Crippen molar-refractivity contribution in [1.82, 2.24) is 20.7 Å². The second-order valence-corrected chi connectivity index (χ2v) is 10.2. The Labute approximate surface area is 180 Å². The van der Waals surface area contributed by atoms with Crippen molar-refractivity contribution in [2.45, 2.75) is 43.9 Å². The molecular formula is C20H25N5O3S2. The number of nitrogens with zero attached hydrogens (tertiary/aromatic N) is 1. The molecule has 8 nitrogen and oxygen atoms in total. The molecule has 0 aromatic carbocycles. The maximum absolute atomic E-state index is 12.6. The Morgan fingerprint density at radius 1 is 1.37 bits per heavy atom. The molecule has 2 unspecified atom stereocenters. The third-order valence-electron chi connectivity index (χ3n) is 4.89. The van der Waals surface area contributed by atoms with Crippen molar-refractivity contribution in [3.05, 3.63) is 52.0 Å². The molecule has 0 spiro atoms. The quantitative estimate of drug-likeness (QED) is 0.405. The Morgan fingerprint density at radius 2 is 2.13 bits per heavy atom. The Morgan fingerprint density at radius 3 is 2.77 bits per heavy atom. The Bertz CT molecular complexity index is 1060. The predicted octanol–water partition coefficient (Wildman–Crippen LogP) is 2.05. The van der Waals surface area contributed by atoms with Crippen LogP contribution in [-0.2, 0) is 14.8 Å². The van der Waals surface area contributed by atoms with Gasteiger partial charge >= 0.3 is 0 Å². The summed E-state index contributed by atoms with van der Waals surface area (Å²) in [6.45, 7) is 6.11. The van der Waals surface area contributed by atoms with E-state index < -0.39 is 15.9 Å². The van der Waals surface area contributed by atoms with Gasteiger partial charge in [-0.15, -0.1) is 11.3 Å². The van der Waals surface area contributed by atoms with Gasteiger partial charge < -0.3 is 16.0 Å². The number of amides is 1. The summed E-state index contributed by atoms with van der Waals surface area (Å²) in [5, 5.41) is 20.3. The van der Waals surface area contributed by atoms with Crippen molar-refractivity contribution in [2.75, 3.05) is 6.54 Å². The van der Waals surface area contributed by atoms with Crippen LogP contribution in [0.1, 0.15) is 33.6 Å². The summed E-state index contributed by atoms with van der Waals surface area (Å²) in [6.07, 6.45) is 3.04. The first-order valence-electron chi connectivity index (χ1n) is 9.71. The first-order chi connectivity index (χ1) is 14.2. The van der Waals surface area contributed by atoms with E-state index in [0.29, 0.717) is 30.9 Å². The lowest BCUT2D eigenvalue weighted by atomic mass is 9.90. The van der Waals surface area contributed by atoms with Crippen molar-refractivity contribution in [3.63, 3.8) is 0 Å². The molecule has 2 heterocycles. The van der Waals surface area contributed by atoms with Crippen LogP contribution in [0.3, 0.4) is 0 Å². The van der Waals surface area contributed by atoms with Crippen LogP contribution >= 0.6 is 11.3 Å². The molecule has 2 atom stereocenters. The van der Waals surface area contributed by atoms with Crippen LogP contribution in [0.15, 0.2) is 56.2 Å². The van der Waals surface area contributed by atoms with E-state index >= 15 is 0 Å². The number of hydrogen-bond donors (Lipinski definition) is 4. The van der Waals surface area contributed by atoms with E-state index in [1.165, 1.54) is 11.3 Å². The fourth-order valence-corrected chi connectivity index (χ4v) is 5.62. The number of allylic oxidation sites excluding steroid dienone is 3. The average molecular weight is 448 g/mol. The van der Waals surface area contributed by atoms with Gasteiger partial charge in [0.05, 0.1) is 0 Å². The van der Waals surface area contributed by atoms with E-state index in [1.54, 1.807) is 24.4 Å². The van der Waals surface area contributed by atoms with Crippen LogP contribution in [0.2, 0.25) is 0 Å². The van der Waals surface area contributed by atoms with Crippen LogP contribution in [0.4, 0.5) is 0 Å². The van der Waals surface area contributed by atoms with E-state index in [4.69, 9.17) is 0 Å². The SMILES string of the molecule is CCNC(=O)/C(C#N)=C1/NC2=C(C=C(NS(=O)(=O)c3cccs3)C(C)C2)CC(C)N1. The van der Waals surface area contributed by atoms with Gasteiger partial charge in [0.15, 0.2) is 5.57 Å². The lowest BCUT2D eigenvalue weighted by Crippen LogP contribution is -2.36. The van der Waals surface area contributed by atoms with Crippen molar-refractivity contribution in [1.29, 1.82) is 5.26 Å². The summed E-state index contributed by atoms with van der Waals surface area (Å²) >= 11 is 1.17. The lowest BCUT2D eigenvalue weighted by molar-refractivity contribution is -0.117. The highest BCUT2D eigenvalue weighted by molar-refractivity contribution is 7.91. The van der Waals surface area contributed by atoms with E-state index in [2.05, 4.69) is 20.7 Å². The summed E-state index contributed by atoms with van der Waals surface area (Å²) in [5.41, 5.74) is 2.46. The zero-order chi connectivity index (χ0) is 21.9. The number of carbonyl (C=O) groups is 1. The summed E-state index contributed by atoms with van der Waals surface area (Å²) in [6, 6.07) is 5.20. The Hall–Kier alpha value is -2.77. The van der Waals surface area contributed by atoms with Gasteiger partial charge in [0.1, 0.15) is 16.1 Å². The topological polar surface area (TPSA) is 123 Å². The molecule has 1 aliphatic heterocycles. The van der Waals surface area contributed by atoms with E-state index in [0.717, 1.165) is 11.3 Å². The number of carbonyl (C=O) groups excluding carboxylic acids is 1. The maximum atomic E-state index is 12.6. The zero-order valence-electron chi connectivity index (χ0n) is 17.1. The van der Waals surface area contributed by atoms with Crippen molar-refractivity contribution in [3.8, 4) is 6.07 Å². The summed E-state index contributed by atoms with van der Waals surface area (Å²) in [4.78, 5) is 12.3. The fourth-order valence-electron chi connectivity index (χ4n) is 3.45. The molecule has 0 saturated heterocycles. The highest BCUT2D eigenvalue weighted by Crippen LogP contribution is 2.32. The van der Waals surface area contributed by atoms with Crippen LogP contribution in [0.25, 0.3) is 0 Å². The molecule has 10 heteroatoms. The number of hydrogen-bond acceptors (Lipinski definition) is 7. The first kappa shape index (κ1) is 21.9. The number of nitriles is 1. The van der Waals surface area contributed by atoms with Gasteiger partial charge in [0.25, 0.3) is 15.9 Å². The second-order valence-electron chi connectivity index (χ2n) is 7.34. The molecule has 0 bridgehead atoms. The van der Waals surface area contributed by atoms with E-state index in [1.807, 2.05) is 26.0 Å². The second kappa shape index (κ2) is 8.93. The summed E-state index contributed by atoms with van der Waals surface area (Å²) in [5.74, 6) is -0.144. The standard InChI is InChI=1S/C20H25N5O3S2/c1-4-22-20(26)15(11-21)19-23-13(3)9-14-10-16(12(2)8-17(14)24-19)25-30(27,28)18-6-5-7-29-18/h5-7,10,12-13,23-25H,4,8-9H2,1-3H3,(H,22,26)/b19-15+. The molecule has 2 aliphatic rings.